The standard InChI is InChI=1S/C14H23N3/c1-3-15-14-10-13(4-7-16-14)11-17-8-5-12(2)6-9-17/h4,7,10,12H,3,5-6,8-9,11H2,1-2H3,(H,15,16). The Balaban J connectivity index is 1.91. The highest BCUT2D eigenvalue weighted by atomic mass is 15.1. The van der Waals surface area contributed by atoms with Gasteiger partial charge in [0, 0.05) is 19.3 Å². The van der Waals surface area contributed by atoms with Crippen molar-refractivity contribution >= 4 is 5.82 Å². The van der Waals surface area contributed by atoms with Crippen LogP contribution in [-0.4, -0.2) is 29.5 Å². The number of pyridine rings is 1. The number of likely N-dealkylation sites (tertiary alicyclic amines) is 1. The first kappa shape index (κ1) is 12.4. The maximum atomic E-state index is 4.30. The summed E-state index contributed by atoms with van der Waals surface area (Å²) >= 11 is 0. The molecule has 0 saturated carbocycles. The van der Waals surface area contributed by atoms with Crippen LogP contribution in [0.25, 0.3) is 0 Å². The Kier molecular flexibility index (Phi) is 4.37. The van der Waals surface area contributed by atoms with Crippen molar-refractivity contribution in [2.75, 3.05) is 25.0 Å². The second kappa shape index (κ2) is 6.01. The lowest BCUT2D eigenvalue weighted by molar-refractivity contribution is 0.185. The Labute approximate surface area is 104 Å². The van der Waals surface area contributed by atoms with Crippen LogP contribution < -0.4 is 5.32 Å². The SMILES string of the molecule is CCNc1cc(CN2CCC(C)CC2)ccn1. The largest absolute Gasteiger partial charge is 0.370 e. The predicted octanol–water partition coefficient (Wildman–Crippen LogP) is 2.75. The van der Waals surface area contributed by atoms with Crippen LogP contribution in [0.2, 0.25) is 0 Å². The average molecular weight is 233 g/mol. The number of piperidine rings is 1. The van der Waals surface area contributed by atoms with E-state index in [-0.39, 0.29) is 0 Å². The molecule has 2 heterocycles. The molecule has 0 aliphatic carbocycles. The van der Waals surface area contributed by atoms with Crippen LogP contribution in [-0.2, 0) is 6.54 Å². The fraction of sp³-hybridized carbons (Fsp3) is 0.643. The molecular formula is C14H23N3. The predicted molar refractivity (Wildman–Crippen MR) is 72.1 cm³/mol. The van der Waals surface area contributed by atoms with E-state index < -0.39 is 0 Å². The molecule has 1 saturated heterocycles. The van der Waals surface area contributed by atoms with Crippen molar-refractivity contribution in [3.63, 3.8) is 0 Å². The molecule has 0 bridgehead atoms. The summed E-state index contributed by atoms with van der Waals surface area (Å²) in [6.07, 6.45) is 4.58. The molecule has 0 atom stereocenters. The van der Waals surface area contributed by atoms with Crippen LogP contribution in [0, 0.1) is 5.92 Å². The highest BCUT2D eigenvalue weighted by Crippen LogP contribution is 2.18. The summed E-state index contributed by atoms with van der Waals surface area (Å²) in [4.78, 5) is 6.85. The molecule has 0 aromatic carbocycles. The molecule has 1 N–H and O–H groups in total. The van der Waals surface area contributed by atoms with Crippen LogP contribution >= 0.6 is 0 Å². The normalized spacial score (nSPS) is 18.2. The minimum Gasteiger partial charge on any atom is -0.370 e. The topological polar surface area (TPSA) is 28.2 Å². The lowest BCUT2D eigenvalue weighted by Crippen LogP contribution is -2.32. The molecule has 0 amide bonds. The number of anilines is 1. The van der Waals surface area contributed by atoms with Crippen LogP contribution in [0.15, 0.2) is 18.3 Å². The summed E-state index contributed by atoms with van der Waals surface area (Å²) in [6, 6.07) is 4.29. The molecule has 1 aromatic rings. The van der Waals surface area contributed by atoms with E-state index in [2.05, 4.69) is 41.2 Å². The first-order valence-electron chi connectivity index (χ1n) is 6.69. The quantitative estimate of drug-likeness (QED) is 0.866. The third-order valence-corrected chi connectivity index (χ3v) is 3.46. The molecule has 1 aliphatic rings. The van der Waals surface area contributed by atoms with Gasteiger partial charge in [-0.1, -0.05) is 6.92 Å². The number of hydrogen-bond acceptors (Lipinski definition) is 3. The average Bonchev–Trinajstić information content (AvgIpc) is 2.33. The van der Waals surface area contributed by atoms with Gasteiger partial charge < -0.3 is 5.32 Å². The Morgan fingerprint density at radius 3 is 2.88 bits per heavy atom. The van der Waals surface area contributed by atoms with Gasteiger partial charge in [-0.25, -0.2) is 4.98 Å². The minimum atomic E-state index is 0.904. The summed E-state index contributed by atoms with van der Waals surface area (Å²) in [7, 11) is 0. The van der Waals surface area contributed by atoms with Crippen molar-refractivity contribution in [2.45, 2.75) is 33.2 Å². The molecular weight excluding hydrogens is 210 g/mol. The van der Waals surface area contributed by atoms with Gasteiger partial charge in [0.1, 0.15) is 5.82 Å². The first-order valence-corrected chi connectivity index (χ1v) is 6.69. The van der Waals surface area contributed by atoms with Gasteiger partial charge in [-0.15, -0.1) is 0 Å². The number of nitrogens with one attached hydrogen (secondary N) is 1. The zero-order chi connectivity index (χ0) is 12.1. The van der Waals surface area contributed by atoms with Gasteiger partial charge in [-0.05, 0) is 56.5 Å². The highest BCUT2D eigenvalue weighted by molar-refractivity contribution is 5.37. The molecule has 3 heteroatoms. The Morgan fingerprint density at radius 2 is 2.18 bits per heavy atom. The Hall–Kier alpha value is -1.09. The maximum Gasteiger partial charge on any atom is 0.126 e. The fourth-order valence-electron chi connectivity index (χ4n) is 2.33. The van der Waals surface area contributed by atoms with Gasteiger partial charge in [-0.2, -0.15) is 0 Å². The van der Waals surface area contributed by atoms with E-state index in [1.807, 2.05) is 6.20 Å². The van der Waals surface area contributed by atoms with E-state index in [1.165, 1.54) is 31.5 Å². The molecule has 2 rings (SSSR count). The van der Waals surface area contributed by atoms with Gasteiger partial charge >= 0.3 is 0 Å². The zero-order valence-electron chi connectivity index (χ0n) is 10.9. The van der Waals surface area contributed by atoms with Crippen LogP contribution in [0.4, 0.5) is 5.82 Å². The van der Waals surface area contributed by atoms with Crippen LogP contribution in [0.1, 0.15) is 32.3 Å². The molecule has 1 fully saturated rings. The molecule has 0 unspecified atom stereocenters. The first-order chi connectivity index (χ1) is 8.28. The minimum absolute atomic E-state index is 0.904. The van der Waals surface area contributed by atoms with E-state index in [9.17, 15) is 0 Å². The second-order valence-electron chi connectivity index (χ2n) is 5.04. The summed E-state index contributed by atoms with van der Waals surface area (Å²) in [5, 5.41) is 3.26. The third-order valence-electron chi connectivity index (χ3n) is 3.46. The smallest absolute Gasteiger partial charge is 0.126 e. The van der Waals surface area contributed by atoms with Gasteiger partial charge in [0.15, 0.2) is 0 Å². The molecule has 17 heavy (non-hydrogen) atoms. The van der Waals surface area contributed by atoms with Crippen molar-refractivity contribution in [1.82, 2.24) is 9.88 Å². The number of rotatable bonds is 4. The van der Waals surface area contributed by atoms with E-state index in [1.54, 1.807) is 0 Å². The van der Waals surface area contributed by atoms with Crippen LogP contribution in [0.5, 0.6) is 0 Å². The van der Waals surface area contributed by atoms with Crippen molar-refractivity contribution in [1.29, 1.82) is 0 Å². The molecule has 1 aromatic heterocycles. The van der Waals surface area contributed by atoms with E-state index in [4.69, 9.17) is 0 Å². The Bertz CT molecular complexity index is 343. The summed E-state index contributed by atoms with van der Waals surface area (Å²) in [5.74, 6) is 1.90. The van der Waals surface area contributed by atoms with E-state index >= 15 is 0 Å². The number of hydrogen-bond donors (Lipinski definition) is 1. The molecule has 1 aliphatic heterocycles. The van der Waals surface area contributed by atoms with E-state index in [0.29, 0.717) is 0 Å². The van der Waals surface area contributed by atoms with Gasteiger partial charge in [0.25, 0.3) is 0 Å². The lowest BCUT2D eigenvalue weighted by atomic mass is 9.99. The molecule has 94 valence electrons. The van der Waals surface area contributed by atoms with Gasteiger partial charge in [0.2, 0.25) is 0 Å². The van der Waals surface area contributed by atoms with E-state index in [0.717, 1.165) is 24.8 Å². The number of nitrogens with zero attached hydrogens (tertiary/aromatic N) is 2. The van der Waals surface area contributed by atoms with Crippen molar-refractivity contribution in [3.05, 3.63) is 23.9 Å². The summed E-state index contributed by atoms with van der Waals surface area (Å²) in [6.45, 7) is 8.92. The highest BCUT2D eigenvalue weighted by Gasteiger charge is 2.15. The monoisotopic (exact) mass is 233 g/mol. The summed E-state index contributed by atoms with van der Waals surface area (Å²) in [5.41, 5.74) is 1.37. The number of aromatic nitrogens is 1. The van der Waals surface area contributed by atoms with Gasteiger partial charge in [0.05, 0.1) is 0 Å². The maximum absolute atomic E-state index is 4.30. The third kappa shape index (κ3) is 3.70. The van der Waals surface area contributed by atoms with Gasteiger partial charge in [-0.3, -0.25) is 4.90 Å². The fourth-order valence-corrected chi connectivity index (χ4v) is 2.33. The zero-order valence-corrected chi connectivity index (χ0v) is 10.9. The summed E-state index contributed by atoms with van der Waals surface area (Å²) < 4.78 is 0. The van der Waals surface area contributed by atoms with Crippen molar-refractivity contribution in [2.24, 2.45) is 5.92 Å². The molecule has 0 spiro atoms. The molecule has 0 radical (unpaired) electrons. The Morgan fingerprint density at radius 1 is 1.41 bits per heavy atom. The lowest BCUT2D eigenvalue weighted by Gasteiger charge is -2.30. The van der Waals surface area contributed by atoms with Crippen molar-refractivity contribution < 1.29 is 0 Å². The molecule has 3 nitrogen and oxygen atoms in total. The van der Waals surface area contributed by atoms with Crippen LogP contribution in [0.3, 0.4) is 0 Å². The van der Waals surface area contributed by atoms with Crippen molar-refractivity contribution in [3.8, 4) is 0 Å². The second-order valence-corrected chi connectivity index (χ2v) is 5.04.